The van der Waals surface area contributed by atoms with Crippen molar-refractivity contribution < 1.29 is 0 Å². The predicted molar refractivity (Wildman–Crippen MR) is 85.2 cm³/mol. The molecular formula is C17H21ClN2. The summed E-state index contributed by atoms with van der Waals surface area (Å²) in [6.07, 6.45) is 6.84. The van der Waals surface area contributed by atoms with Crippen molar-refractivity contribution >= 4 is 11.6 Å². The molecule has 0 saturated carbocycles. The van der Waals surface area contributed by atoms with E-state index in [2.05, 4.69) is 35.4 Å². The highest BCUT2D eigenvalue weighted by atomic mass is 35.5. The first-order valence-electron chi connectivity index (χ1n) is 7.15. The Morgan fingerprint density at radius 3 is 2.60 bits per heavy atom. The average molecular weight is 289 g/mol. The summed E-state index contributed by atoms with van der Waals surface area (Å²) in [7, 11) is 0. The number of aromatic nitrogens is 1. The van der Waals surface area contributed by atoms with Crippen molar-refractivity contribution in [1.29, 1.82) is 0 Å². The maximum absolute atomic E-state index is 6.25. The Bertz CT molecular complexity index is 513. The van der Waals surface area contributed by atoms with Gasteiger partial charge in [-0.25, -0.2) is 0 Å². The summed E-state index contributed by atoms with van der Waals surface area (Å²) in [5.74, 6) is 0. The number of likely N-dealkylation sites (N-methyl/N-ethyl adjacent to an activating group) is 1. The van der Waals surface area contributed by atoms with Crippen molar-refractivity contribution in [2.45, 2.75) is 32.2 Å². The number of nitrogens with one attached hydrogen (secondary N) is 1. The van der Waals surface area contributed by atoms with Gasteiger partial charge in [-0.1, -0.05) is 36.7 Å². The van der Waals surface area contributed by atoms with Crippen LogP contribution in [0.5, 0.6) is 0 Å². The lowest BCUT2D eigenvalue weighted by molar-refractivity contribution is 0.491. The lowest BCUT2D eigenvalue weighted by atomic mass is 9.99. The van der Waals surface area contributed by atoms with Crippen molar-refractivity contribution in [2.75, 3.05) is 6.54 Å². The second-order valence-corrected chi connectivity index (χ2v) is 5.35. The molecule has 1 aromatic heterocycles. The Labute approximate surface area is 126 Å². The molecular weight excluding hydrogens is 268 g/mol. The zero-order chi connectivity index (χ0) is 14.2. The maximum atomic E-state index is 6.25. The average Bonchev–Trinajstić information content (AvgIpc) is 2.48. The number of aryl methyl sites for hydroxylation is 1. The molecule has 0 saturated heterocycles. The van der Waals surface area contributed by atoms with Crippen molar-refractivity contribution in [2.24, 2.45) is 0 Å². The zero-order valence-electron chi connectivity index (χ0n) is 11.8. The molecule has 0 radical (unpaired) electrons. The van der Waals surface area contributed by atoms with Crippen molar-refractivity contribution in [3.63, 3.8) is 0 Å². The Balaban J connectivity index is 1.95. The molecule has 2 rings (SSSR count). The summed E-state index contributed by atoms with van der Waals surface area (Å²) in [5.41, 5.74) is 2.55. The molecule has 0 aliphatic rings. The highest BCUT2D eigenvalue weighted by Crippen LogP contribution is 2.18. The fourth-order valence-corrected chi connectivity index (χ4v) is 2.60. The lowest BCUT2D eigenvalue weighted by Gasteiger charge is -2.18. The molecule has 106 valence electrons. The zero-order valence-corrected chi connectivity index (χ0v) is 12.6. The number of benzene rings is 1. The van der Waals surface area contributed by atoms with E-state index in [0.717, 1.165) is 30.8 Å². The number of hydrogen-bond acceptors (Lipinski definition) is 2. The van der Waals surface area contributed by atoms with Gasteiger partial charge >= 0.3 is 0 Å². The van der Waals surface area contributed by atoms with Crippen LogP contribution in [-0.4, -0.2) is 17.6 Å². The predicted octanol–water partition coefficient (Wildman–Crippen LogP) is 3.89. The molecule has 1 atom stereocenters. The van der Waals surface area contributed by atoms with Gasteiger partial charge < -0.3 is 5.32 Å². The quantitative estimate of drug-likeness (QED) is 0.836. The molecule has 2 aromatic rings. The smallest absolute Gasteiger partial charge is 0.0438 e. The van der Waals surface area contributed by atoms with Gasteiger partial charge in [-0.05, 0) is 55.1 Å². The van der Waals surface area contributed by atoms with E-state index >= 15 is 0 Å². The number of nitrogens with zero attached hydrogens (tertiary/aromatic N) is 1. The molecule has 0 aliphatic heterocycles. The number of pyridine rings is 1. The van der Waals surface area contributed by atoms with Gasteiger partial charge in [0.1, 0.15) is 0 Å². The van der Waals surface area contributed by atoms with E-state index in [9.17, 15) is 0 Å². The highest BCUT2D eigenvalue weighted by Gasteiger charge is 2.10. The summed E-state index contributed by atoms with van der Waals surface area (Å²) < 4.78 is 0. The molecule has 1 heterocycles. The molecule has 1 unspecified atom stereocenters. The van der Waals surface area contributed by atoms with Crippen LogP contribution in [-0.2, 0) is 12.8 Å². The van der Waals surface area contributed by atoms with Crippen molar-refractivity contribution in [1.82, 2.24) is 10.3 Å². The minimum absolute atomic E-state index is 0.452. The van der Waals surface area contributed by atoms with E-state index in [4.69, 9.17) is 11.6 Å². The van der Waals surface area contributed by atoms with E-state index < -0.39 is 0 Å². The molecule has 0 amide bonds. The summed E-state index contributed by atoms with van der Waals surface area (Å²) in [6.45, 7) is 3.12. The summed E-state index contributed by atoms with van der Waals surface area (Å²) in [4.78, 5) is 4.06. The third kappa shape index (κ3) is 4.62. The third-order valence-electron chi connectivity index (χ3n) is 3.45. The largest absolute Gasteiger partial charge is 0.314 e. The van der Waals surface area contributed by atoms with Crippen LogP contribution in [0.4, 0.5) is 0 Å². The van der Waals surface area contributed by atoms with Crippen LogP contribution in [0.25, 0.3) is 0 Å². The van der Waals surface area contributed by atoms with Crippen LogP contribution in [0.2, 0.25) is 5.02 Å². The summed E-state index contributed by atoms with van der Waals surface area (Å²) >= 11 is 6.25. The minimum atomic E-state index is 0.452. The van der Waals surface area contributed by atoms with Gasteiger partial charge in [0.05, 0.1) is 0 Å². The van der Waals surface area contributed by atoms with Crippen LogP contribution >= 0.6 is 11.6 Å². The Morgan fingerprint density at radius 2 is 1.90 bits per heavy atom. The van der Waals surface area contributed by atoms with Gasteiger partial charge in [0.15, 0.2) is 0 Å². The van der Waals surface area contributed by atoms with Crippen LogP contribution in [0.3, 0.4) is 0 Å². The van der Waals surface area contributed by atoms with E-state index in [1.165, 1.54) is 11.1 Å². The van der Waals surface area contributed by atoms with Crippen LogP contribution in [0.15, 0.2) is 48.8 Å². The maximum Gasteiger partial charge on any atom is 0.0438 e. The first-order chi connectivity index (χ1) is 9.79. The molecule has 0 bridgehead atoms. The van der Waals surface area contributed by atoms with E-state index in [1.807, 2.05) is 30.6 Å². The topological polar surface area (TPSA) is 24.9 Å². The van der Waals surface area contributed by atoms with E-state index in [-0.39, 0.29) is 0 Å². The van der Waals surface area contributed by atoms with Gasteiger partial charge in [0.25, 0.3) is 0 Å². The molecule has 3 heteroatoms. The van der Waals surface area contributed by atoms with Gasteiger partial charge in [-0.2, -0.15) is 0 Å². The highest BCUT2D eigenvalue weighted by molar-refractivity contribution is 6.31. The SMILES string of the molecule is CCNC(CCc1ccncc1)Cc1ccccc1Cl. The summed E-state index contributed by atoms with van der Waals surface area (Å²) in [5, 5.41) is 4.41. The first-order valence-corrected chi connectivity index (χ1v) is 7.53. The molecule has 1 aromatic carbocycles. The lowest BCUT2D eigenvalue weighted by Crippen LogP contribution is -2.31. The Hall–Kier alpha value is -1.38. The molecule has 0 spiro atoms. The first kappa shape index (κ1) is 15.0. The van der Waals surface area contributed by atoms with Crippen LogP contribution < -0.4 is 5.32 Å². The van der Waals surface area contributed by atoms with Crippen LogP contribution in [0, 0.1) is 0 Å². The van der Waals surface area contributed by atoms with E-state index in [0.29, 0.717) is 6.04 Å². The van der Waals surface area contributed by atoms with Gasteiger partial charge in [0.2, 0.25) is 0 Å². The Morgan fingerprint density at radius 1 is 1.15 bits per heavy atom. The fourth-order valence-electron chi connectivity index (χ4n) is 2.38. The molecule has 0 aliphatic carbocycles. The normalized spacial score (nSPS) is 12.3. The number of hydrogen-bond donors (Lipinski definition) is 1. The number of halogens is 1. The third-order valence-corrected chi connectivity index (χ3v) is 3.82. The molecule has 2 nitrogen and oxygen atoms in total. The second-order valence-electron chi connectivity index (χ2n) is 4.94. The van der Waals surface area contributed by atoms with Crippen LogP contribution in [0.1, 0.15) is 24.5 Å². The van der Waals surface area contributed by atoms with Gasteiger partial charge in [-0.15, -0.1) is 0 Å². The number of rotatable bonds is 7. The fraction of sp³-hybridized carbons (Fsp3) is 0.353. The molecule has 0 fully saturated rings. The minimum Gasteiger partial charge on any atom is -0.314 e. The van der Waals surface area contributed by atoms with Crippen molar-refractivity contribution in [3.8, 4) is 0 Å². The molecule has 1 N–H and O–H groups in total. The van der Waals surface area contributed by atoms with Gasteiger partial charge in [-0.3, -0.25) is 4.98 Å². The van der Waals surface area contributed by atoms with Crippen molar-refractivity contribution in [3.05, 3.63) is 64.9 Å². The monoisotopic (exact) mass is 288 g/mol. The summed E-state index contributed by atoms with van der Waals surface area (Å²) in [6, 6.07) is 12.7. The molecule has 20 heavy (non-hydrogen) atoms. The second kappa shape index (κ2) is 8.03. The standard InChI is InChI=1S/C17H21ClN2/c1-2-20-16(8-7-14-9-11-19-12-10-14)13-15-5-3-4-6-17(15)18/h3-6,9-12,16,20H,2,7-8,13H2,1H3. The van der Waals surface area contributed by atoms with E-state index in [1.54, 1.807) is 0 Å². The van der Waals surface area contributed by atoms with Gasteiger partial charge in [0, 0.05) is 23.5 Å². The Kier molecular flexibility index (Phi) is 6.03.